The van der Waals surface area contributed by atoms with Crippen molar-refractivity contribution in [1.29, 1.82) is 0 Å². The number of amidine groups is 1. The van der Waals surface area contributed by atoms with Crippen LogP contribution in [-0.4, -0.2) is 59.8 Å². The largest absolute Gasteiger partial charge is 0.409 e. The maximum absolute atomic E-state index is 8.86. The normalized spacial score (nSPS) is 23.6. The standard InChI is InChI=1S/C11H23N3O2S/c1-9(8-16-2)14-6-4-11(17-3,5-7-14)10(12)13-15/h9,15H,4-8H2,1-3H3,(H2,12,13). The van der Waals surface area contributed by atoms with Crippen molar-refractivity contribution in [2.24, 2.45) is 10.9 Å². The van der Waals surface area contributed by atoms with Crippen LogP contribution in [0.3, 0.4) is 0 Å². The van der Waals surface area contributed by atoms with Gasteiger partial charge >= 0.3 is 0 Å². The van der Waals surface area contributed by atoms with Gasteiger partial charge in [-0.25, -0.2) is 0 Å². The summed E-state index contributed by atoms with van der Waals surface area (Å²) in [5.74, 6) is 0.351. The molecule has 0 bridgehead atoms. The lowest BCUT2D eigenvalue weighted by Crippen LogP contribution is -2.52. The SMILES string of the molecule is COCC(C)N1CCC(SC)(C(N)=NO)CC1. The number of methoxy groups -OCH3 is 1. The number of ether oxygens (including phenoxy) is 1. The molecule has 100 valence electrons. The van der Waals surface area contributed by atoms with Crippen LogP contribution in [0.25, 0.3) is 0 Å². The fourth-order valence-corrected chi connectivity index (χ4v) is 3.17. The third kappa shape index (κ3) is 3.26. The van der Waals surface area contributed by atoms with Crippen molar-refractivity contribution in [3.8, 4) is 0 Å². The van der Waals surface area contributed by atoms with Gasteiger partial charge in [-0.05, 0) is 26.0 Å². The Bertz CT molecular complexity index is 265. The van der Waals surface area contributed by atoms with E-state index in [0.29, 0.717) is 11.9 Å². The van der Waals surface area contributed by atoms with Crippen LogP contribution in [-0.2, 0) is 4.74 Å². The van der Waals surface area contributed by atoms with Gasteiger partial charge in [-0.1, -0.05) is 5.16 Å². The van der Waals surface area contributed by atoms with E-state index in [9.17, 15) is 0 Å². The Labute approximate surface area is 107 Å². The second-order valence-corrected chi connectivity index (χ2v) is 5.71. The van der Waals surface area contributed by atoms with Gasteiger partial charge in [0.25, 0.3) is 0 Å². The Kier molecular flexibility index (Phi) is 5.55. The van der Waals surface area contributed by atoms with Gasteiger partial charge in [-0.3, -0.25) is 4.90 Å². The average Bonchev–Trinajstić information content (AvgIpc) is 2.38. The molecule has 1 aliphatic heterocycles. The number of piperidine rings is 1. The minimum absolute atomic E-state index is 0.196. The van der Waals surface area contributed by atoms with Gasteiger partial charge in [-0.2, -0.15) is 11.8 Å². The van der Waals surface area contributed by atoms with E-state index in [2.05, 4.69) is 17.0 Å². The number of thioether (sulfide) groups is 1. The summed E-state index contributed by atoms with van der Waals surface area (Å²) in [5, 5.41) is 12.1. The van der Waals surface area contributed by atoms with Crippen molar-refractivity contribution in [3.63, 3.8) is 0 Å². The van der Waals surface area contributed by atoms with E-state index in [1.807, 2.05) is 6.26 Å². The zero-order chi connectivity index (χ0) is 12.9. The quantitative estimate of drug-likeness (QED) is 0.334. The second kappa shape index (κ2) is 6.47. The number of nitrogens with two attached hydrogens (primary N) is 1. The summed E-state index contributed by atoms with van der Waals surface area (Å²) in [4.78, 5) is 2.39. The molecule has 6 heteroatoms. The molecule has 1 saturated heterocycles. The Morgan fingerprint density at radius 3 is 2.59 bits per heavy atom. The van der Waals surface area contributed by atoms with Crippen LogP contribution in [0.15, 0.2) is 5.16 Å². The molecule has 0 aromatic heterocycles. The van der Waals surface area contributed by atoms with Crippen molar-refractivity contribution in [1.82, 2.24) is 4.90 Å². The van der Waals surface area contributed by atoms with E-state index in [0.717, 1.165) is 32.5 Å². The highest BCUT2D eigenvalue weighted by atomic mass is 32.2. The molecule has 5 nitrogen and oxygen atoms in total. The van der Waals surface area contributed by atoms with Crippen LogP contribution in [0.5, 0.6) is 0 Å². The van der Waals surface area contributed by atoms with Crippen LogP contribution in [0.2, 0.25) is 0 Å². The third-order valence-corrected chi connectivity index (χ3v) is 5.00. The Morgan fingerprint density at radius 1 is 1.59 bits per heavy atom. The van der Waals surface area contributed by atoms with Gasteiger partial charge in [0.15, 0.2) is 5.84 Å². The molecule has 0 saturated carbocycles. The minimum Gasteiger partial charge on any atom is -0.409 e. The molecule has 0 aliphatic carbocycles. The number of rotatable bonds is 5. The van der Waals surface area contributed by atoms with Gasteiger partial charge in [-0.15, -0.1) is 0 Å². The van der Waals surface area contributed by atoms with Crippen molar-refractivity contribution < 1.29 is 9.94 Å². The smallest absolute Gasteiger partial charge is 0.155 e. The van der Waals surface area contributed by atoms with Crippen LogP contribution in [0.1, 0.15) is 19.8 Å². The number of oxime groups is 1. The zero-order valence-corrected chi connectivity index (χ0v) is 11.7. The maximum atomic E-state index is 8.86. The van der Waals surface area contributed by atoms with Gasteiger partial charge in [0, 0.05) is 26.2 Å². The number of hydrogen-bond acceptors (Lipinski definition) is 5. The lowest BCUT2D eigenvalue weighted by atomic mass is 9.93. The fourth-order valence-electron chi connectivity index (χ4n) is 2.33. The number of hydrogen-bond donors (Lipinski definition) is 2. The van der Waals surface area contributed by atoms with Crippen molar-refractivity contribution in [2.45, 2.75) is 30.6 Å². The van der Waals surface area contributed by atoms with Gasteiger partial charge < -0.3 is 15.7 Å². The van der Waals surface area contributed by atoms with Crippen molar-refractivity contribution in [3.05, 3.63) is 0 Å². The molecule has 1 unspecified atom stereocenters. The summed E-state index contributed by atoms with van der Waals surface area (Å²) in [6, 6.07) is 0.423. The van der Waals surface area contributed by atoms with Crippen LogP contribution in [0.4, 0.5) is 0 Å². The summed E-state index contributed by atoms with van der Waals surface area (Å²) in [6.07, 6.45) is 3.85. The highest BCUT2D eigenvalue weighted by molar-refractivity contribution is 8.00. The lowest BCUT2D eigenvalue weighted by molar-refractivity contribution is 0.0837. The van der Waals surface area contributed by atoms with E-state index in [1.165, 1.54) is 0 Å². The number of likely N-dealkylation sites (tertiary alicyclic amines) is 1. The molecule has 0 amide bonds. The summed E-state index contributed by atoms with van der Waals surface area (Å²) in [6.45, 7) is 4.83. The molecule has 1 fully saturated rings. The maximum Gasteiger partial charge on any atom is 0.155 e. The first-order valence-electron chi connectivity index (χ1n) is 5.85. The first kappa shape index (κ1) is 14.6. The highest BCUT2D eigenvalue weighted by Gasteiger charge is 2.38. The number of nitrogens with zero attached hydrogens (tertiary/aromatic N) is 2. The molecular formula is C11H23N3O2S. The van der Waals surface area contributed by atoms with Crippen LogP contribution >= 0.6 is 11.8 Å². The van der Waals surface area contributed by atoms with E-state index >= 15 is 0 Å². The minimum atomic E-state index is -0.196. The second-order valence-electron chi connectivity index (χ2n) is 4.52. The van der Waals surface area contributed by atoms with Gasteiger partial charge in [0.1, 0.15) is 0 Å². The molecular weight excluding hydrogens is 238 g/mol. The average molecular weight is 261 g/mol. The predicted octanol–water partition coefficient (Wildman–Crippen LogP) is 0.965. The molecule has 0 spiro atoms. The molecule has 1 rings (SSSR count). The van der Waals surface area contributed by atoms with E-state index in [4.69, 9.17) is 15.7 Å². The van der Waals surface area contributed by atoms with Crippen LogP contribution < -0.4 is 5.73 Å². The molecule has 3 N–H and O–H groups in total. The molecule has 1 atom stereocenters. The van der Waals surface area contributed by atoms with Crippen molar-refractivity contribution >= 4 is 17.6 Å². The van der Waals surface area contributed by atoms with E-state index < -0.39 is 0 Å². The fraction of sp³-hybridized carbons (Fsp3) is 0.909. The first-order valence-corrected chi connectivity index (χ1v) is 7.08. The lowest BCUT2D eigenvalue weighted by Gasteiger charge is -2.41. The summed E-state index contributed by atoms with van der Waals surface area (Å²) in [7, 11) is 1.73. The predicted molar refractivity (Wildman–Crippen MR) is 71.8 cm³/mol. The molecule has 0 radical (unpaired) electrons. The summed E-state index contributed by atoms with van der Waals surface area (Å²) >= 11 is 1.68. The topological polar surface area (TPSA) is 71.1 Å². The summed E-state index contributed by atoms with van der Waals surface area (Å²) < 4.78 is 4.97. The first-order chi connectivity index (χ1) is 8.09. The molecule has 17 heavy (non-hydrogen) atoms. The van der Waals surface area contributed by atoms with Crippen LogP contribution in [0, 0.1) is 0 Å². The van der Waals surface area contributed by atoms with Crippen molar-refractivity contribution in [2.75, 3.05) is 33.1 Å². The van der Waals surface area contributed by atoms with Gasteiger partial charge in [0.05, 0.1) is 11.4 Å². The zero-order valence-electron chi connectivity index (χ0n) is 10.8. The summed E-state index contributed by atoms with van der Waals surface area (Å²) in [5.41, 5.74) is 5.81. The van der Waals surface area contributed by atoms with Gasteiger partial charge in [0.2, 0.25) is 0 Å². The molecule has 1 heterocycles. The van der Waals surface area contributed by atoms with E-state index in [-0.39, 0.29) is 4.75 Å². The van der Waals surface area contributed by atoms with E-state index in [1.54, 1.807) is 18.9 Å². The molecule has 0 aromatic carbocycles. The molecule has 1 aliphatic rings. The Balaban J connectivity index is 2.59. The Morgan fingerprint density at radius 2 is 2.18 bits per heavy atom. The highest BCUT2D eigenvalue weighted by Crippen LogP contribution is 2.35. The molecule has 0 aromatic rings. The Hall–Kier alpha value is -0.460. The third-order valence-electron chi connectivity index (χ3n) is 3.60. The monoisotopic (exact) mass is 261 g/mol.